The van der Waals surface area contributed by atoms with Crippen molar-refractivity contribution in [1.29, 1.82) is 0 Å². The molecular weight excluding hydrogens is 267 g/mol. The smallest absolute Gasteiger partial charge is 0.187 e. The minimum absolute atomic E-state index is 0. The molecule has 0 aliphatic rings. The van der Waals surface area contributed by atoms with Gasteiger partial charge in [-0.05, 0) is 40.0 Å². The van der Waals surface area contributed by atoms with Crippen LogP contribution in [0.5, 0.6) is 0 Å². The Bertz CT molecular complexity index is 82.7. The molecule has 0 fully saturated rings. The van der Waals surface area contributed by atoms with Gasteiger partial charge in [-0.3, -0.25) is 0 Å². The van der Waals surface area contributed by atoms with Crippen molar-refractivity contribution in [3.63, 3.8) is 0 Å². The molecule has 0 radical (unpaired) electrons. The predicted octanol–water partition coefficient (Wildman–Crippen LogP) is 1.15. The Morgan fingerprint density at radius 1 is 0.647 bits per heavy atom. The fraction of sp³-hybridized carbons (Fsp3) is 1.00. The molecule has 0 aromatic carbocycles. The van der Waals surface area contributed by atoms with Crippen LogP contribution in [0.25, 0.3) is 0 Å². The summed E-state index contributed by atoms with van der Waals surface area (Å²) in [6, 6.07) is 0. The molecule has 5 heteroatoms. The van der Waals surface area contributed by atoms with Gasteiger partial charge in [0.15, 0.2) is 17.4 Å². The van der Waals surface area contributed by atoms with Crippen LogP contribution in [0.1, 0.15) is 60.8 Å². The Kier molecular flexibility index (Phi) is 46.9. The van der Waals surface area contributed by atoms with E-state index in [1.54, 1.807) is 20.8 Å². The van der Waals surface area contributed by atoms with Gasteiger partial charge in [-0.15, -0.1) is 0 Å². The van der Waals surface area contributed by atoms with Crippen LogP contribution < -0.4 is 0 Å². The first kappa shape index (κ1) is 30.9. The predicted molar refractivity (Wildman–Crippen MR) is 75.9 cm³/mol. The van der Waals surface area contributed by atoms with E-state index in [0.717, 1.165) is 19.3 Å². The molecule has 3 nitrogen and oxygen atoms in total. The maximum Gasteiger partial charge on any atom is 0.187 e. The topological polar surface area (TPSA) is 60.7 Å². The van der Waals surface area contributed by atoms with E-state index in [4.69, 9.17) is 15.3 Å². The third-order valence-corrected chi connectivity index (χ3v) is 1.77. The number of rotatable bonds is 3. The molecule has 0 saturated carbocycles. The molecule has 3 atom stereocenters. The molecule has 0 aromatic rings. The molecule has 0 bridgehead atoms. The second-order valence-electron chi connectivity index (χ2n) is 3.77. The Morgan fingerprint density at radius 3 is 0.706 bits per heavy atom. The zero-order valence-electron chi connectivity index (χ0n) is 11.7. The van der Waals surface area contributed by atoms with Gasteiger partial charge in [-0.2, -0.15) is 0 Å². The Hall–Kier alpha value is 1.13. The molecule has 0 saturated heterocycles. The van der Waals surface area contributed by atoms with Crippen LogP contribution in [0.3, 0.4) is 0 Å². The van der Waals surface area contributed by atoms with Crippen LogP contribution in [0.4, 0.5) is 0 Å². The monoisotopic (exact) mass is 300 g/mol. The number of aliphatic hydroxyl groups is 3. The zero-order chi connectivity index (χ0) is 12.9. The average molecular weight is 300 g/mol. The van der Waals surface area contributed by atoms with E-state index in [-0.39, 0.29) is 57.4 Å². The third kappa shape index (κ3) is 77.2. The van der Waals surface area contributed by atoms with Crippen molar-refractivity contribution in [2.45, 2.75) is 79.1 Å². The summed E-state index contributed by atoms with van der Waals surface area (Å²) in [4.78, 5) is 0. The van der Waals surface area contributed by atoms with Gasteiger partial charge in [0.25, 0.3) is 0 Å². The third-order valence-electron chi connectivity index (χ3n) is 1.77. The number of aliphatic hydroxyl groups excluding tert-OH is 3. The molecule has 3 N–H and O–H groups in total. The van der Waals surface area contributed by atoms with E-state index in [0.29, 0.717) is 0 Å². The quantitative estimate of drug-likeness (QED) is 0.685. The van der Waals surface area contributed by atoms with Crippen molar-refractivity contribution >= 4 is 17.4 Å². The van der Waals surface area contributed by atoms with Gasteiger partial charge in [0, 0.05) is 21.7 Å². The van der Waals surface area contributed by atoms with Crippen LogP contribution in [0.15, 0.2) is 0 Å². The zero-order valence-corrected chi connectivity index (χ0v) is 13.3. The minimum atomic E-state index is -0.116. The van der Waals surface area contributed by atoms with E-state index in [9.17, 15) is 0 Å². The Labute approximate surface area is 133 Å². The Balaban J connectivity index is -0.0000000400. The van der Waals surface area contributed by atoms with Gasteiger partial charge < -0.3 is 15.3 Å². The molecule has 0 heterocycles. The van der Waals surface area contributed by atoms with Gasteiger partial charge in [-0.25, -0.2) is 0 Å². The molecule has 17 heavy (non-hydrogen) atoms. The first-order valence-electron chi connectivity index (χ1n) is 5.85. The molecule has 0 aliphatic carbocycles. The largest absolute Gasteiger partial charge is 0.393 e. The molecule has 0 rings (SSSR count). The van der Waals surface area contributed by atoms with Crippen molar-refractivity contribution < 1.29 is 37.0 Å². The van der Waals surface area contributed by atoms with Crippen molar-refractivity contribution in [1.82, 2.24) is 0 Å². The van der Waals surface area contributed by atoms with E-state index >= 15 is 0 Å². The summed E-state index contributed by atoms with van der Waals surface area (Å²) < 4.78 is 0. The number of hydrogen-bond donors (Lipinski definition) is 3. The van der Waals surface area contributed by atoms with Gasteiger partial charge in [-0.1, -0.05) is 20.8 Å². The maximum atomic E-state index is 8.36. The summed E-state index contributed by atoms with van der Waals surface area (Å²) in [5.74, 6) is 0. The van der Waals surface area contributed by atoms with Crippen molar-refractivity contribution in [2.24, 2.45) is 0 Å². The van der Waals surface area contributed by atoms with E-state index < -0.39 is 0 Å². The summed E-state index contributed by atoms with van der Waals surface area (Å²) in [6.45, 7) is 11.2. The summed E-state index contributed by atoms with van der Waals surface area (Å²) in [5, 5.41) is 25.1. The SMILES string of the molecule is CCC(C)O.CCC(C)O.CCC(C)O.[AlH3].[Ti]. The first-order chi connectivity index (χ1) is 6.81. The van der Waals surface area contributed by atoms with E-state index in [1.807, 2.05) is 20.8 Å². The summed E-state index contributed by atoms with van der Waals surface area (Å²) >= 11 is 0. The van der Waals surface area contributed by atoms with E-state index in [2.05, 4.69) is 0 Å². The fourth-order valence-corrected chi connectivity index (χ4v) is 0. The second kappa shape index (κ2) is 25.8. The average Bonchev–Trinajstić information content (AvgIpc) is 2.19. The molecule has 0 aromatic heterocycles. The van der Waals surface area contributed by atoms with Gasteiger partial charge in [0.05, 0.1) is 18.3 Å². The summed E-state index contributed by atoms with van der Waals surface area (Å²) in [7, 11) is 0. The fourth-order valence-electron chi connectivity index (χ4n) is 0. The van der Waals surface area contributed by atoms with Gasteiger partial charge in [0.2, 0.25) is 0 Å². The molecule has 0 amide bonds. The van der Waals surface area contributed by atoms with Crippen molar-refractivity contribution in [3.05, 3.63) is 0 Å². The molecule has 3 unspecified atom stereocenters. The van der Waals surface area contributed by atoms with Crippen LogP contribution in [-0.4, -0.2) is 51.0 Å². The van der Waals surface area contributed by atoms with Crippen molar-refractivity contribution in [3.8, 4) is 0 Å². The Morgan fingerprint density at radius 2 is 0.706 bits per heavy atom. The maximum absolute atomic E-state index is 8.36. The van der Waals surface area contributed by atoms with Crippen molar-refractivity contribution in [2.75, 3.05) is 0 Å². The molecule has 0 aliphatic heterocycles. The van der Waals surface area contributed by atoms with Crippen LogP contribution >= 0.6 is 0 Å². The second-order valence-corrected chi connectivity index (χ2v) is 3.77. The molecular formula is C12H33AlO3Ti. The minimum Gasteiger partial charge on any atom is -0.393 e. The van der Waals surface area contributed by atoms with Gasteiger partial charge in [0.1, 0.15) is 0 Å². The molecule has 0 spiro atoms. The van der Waals surface area contributed by atoms with Crippen LogP contribution in [-0.2, 0) is 21.7 Å². The van der Waals surface area contributed by atoms with Crippen LogP contribution in [0.2, 0.25) is 0 Å². The standard InChI is InChI=1S/3C4H10O.Al.Ti.3H/c3*1-3-4(2)5;;;;;/h3*4-5H,3H2,1-2H3;;;;;. The summed E-state index contributed by atoms with van der Waals surface area (Å²) in [6.07, 6.45) is 2.24. The summed E-state index contributed by atoms with van der Waals surface area (Å²) in [5.41, 5.74) is 0. The normalized spacial score (nSPS) is 13.2. The first-order valence-corrected chi connectivity index (χ1v) is 5.85. The van der Waals surface area contributed by atoms with Crippen LogP contribution in [0, 0.1) is 0 Å². The van der Waals surface area contributed by atoms with E-state index in [1.165, 1.54) is 0 Å². The molecule has 106 valence electrons. The van der Waals surface area contributed by atoms with Gasteiger partial charge >= 0.3 is 0 Å². The number of hydrogen-bond acceptors (Lipinski definition) is 3.